The minimum atomic E-state index is -1.19. The molecule has 1 N–H and O–H groups in total. The van der Waals surface area contributed by atoms with E-state index in [1.165, 1.54) is 10.8 Å². The van der Waals surface area contributed by atoms with Crippen LogP contribution in [-0.4, -0.2) is 27.2 Å². The second-order valence-electron chi connectivity index (χ2n) is 6.03. The molecule has 0 aliphatic carbocycles. The van der Waals surface area contributed by atoms with Crippen LogP contribution in [0, 0.1) is 0 Å². The Bertz CT molecular complexity index is 409. The summed E-state index contributed by atoms with van der Waals surface area (Å²) in [6, 6.07) is 8.90. The highest BCUT2D eigenvalue weighted by Gasteiger charge is 2.15. The van der Waals surface area contributed by atoms with Crippen molar-refractivity contribution >= 4 is 19.2 Å². The lowest BCUT2D eigenvalue weighted by molar-refractivity contribution is -0.143. The Labute approximate surface area is 123 Å². The molecule has 0 fully saturated rings. The fourth-order valence-corrected chi connectivity index (χ4v) is 3.11. The van der Waals surface area contributed by atoms with Crippen LogP contribution in [-0.2, 0) is 16.1 Å². The van der Waals surface area contributed by atoms with E-state index in [-0.39, 0.29) is 5.97 Å². The number of rotatable bonds is 8. The summed E-state index contributed by atoms with van der Waals surface area (Å²) in [4.78, 5) is 11.2. The van der Waals surface area contributed by atoms with Crippen LogP contribution >= 0.6 is 0 Å². The van der Waals surface area contributed by atoms with E-state index < -0.39 is 8.07 Å². The molecule has 1 aromatic rings. The van der Waals surface area contributed by atoms with Gasteiger partial charge in [0.1, 0.15) is 0 Å². The Balaban J connectivity index is 2.24. The smallest absolute Gasteiger partial charge is 0.305 e. The maximum atomic E-state index is 11.2. The highest BCUT2D eigenvalue weighted by Crippen LogP contribution is 2.04. The van der Waals surface area contributed by atoms with Crippen molar-refractivity contribution in [2.24, 2.45) is 0 Å². The predicted molar refractivity (Wildman–Crippen MR) is 87.0 cm³/mol. The van der Waals surface area contributed by atoms with Gasteiger partial charge in [-0.3, -0.25) is 4.79 Å². The first kappa shape index (κ1) is 16.9. The van der Waals surface area contributed by atoms with Gasteiger partial charge in [0, 0.05) is 13.0 Å². The van der Waals surface area contributed by atoms with Crippen LogP contribution < -0.4 is 10.5 Å². The van der Waals surface area contributed by atoms with Gasteiger partial charge in [-0.2, -0.15) is 0 Å². The summed E-state index contributed by atoms with van der Waals surface area (Å²) in [6.45, 7) is 11.1. The van der Waals surface area contributed by atoms with Crippen LogP contribution in [0.15, 0.2) is 24.3 Å². The molecular weight excluding hydrogens is 266 g/mol. The highest BCUT2D eigenvalue weighted by atomic mass is 28.3. The van der Waals surface area contributed by atoms with Crippen LogP contribution in [0.3, 0.4) is 0 Å². The van der Waals surface area contributed by atoms with Gasteiger partial charge in [0.15, 0.2) is 0 Å². The second-order valence-corrected chi connectivity index (χ2v) is 11.1. The van der Waals surface area contributed by atoms with Crippen LogP contribution in [0.5, 0.6) is 0 Å². The number of hydrogen-bond donors (Lipinski definition) is 1. The van der Waals surface area contributed by atoms with Gasteiger partial charge in [0.05, 0.1) is 14.7 Å². The van der Waals surface area contributed by atoms with E-state index in [1.807, 2.05) is 6.92 Å². The average Bonchev–Trinajstić information content (AvgIpc) is 2.38. The first-order chi connectivity index (χ1) is 9.43. The molecule has 0 bridgehead atoms. The Hall–Kier alpha value is -1.13. The molecule has 0 aromatic heterocycles. The summed E-state index contributed by atoms with van der Waals surface area (Å²) in [6.07, 6.45) is 1.32. The van der Waals surface area contributed by atoms with Crippen LogP contribution in [0.25, 0.3) is 0 Å². The Morgan fingerprint density at radius 1 is 1.20 bits per heavy atom. The summed E-state index contributed by atoms with van der Waals surface area (Å²) >= 11 is 0. The number of carbonyl (C=O) groups is 1. The number of benzene rings is 1. The monoisotopic (exact) mass is 293 g/mol. The minimum absolute atomic E-state index is 0.103. The Morgan fingerprint density at radius 2 is 1.85 bits per heavy atom. The van der Waals surface area contributed by atoms with Crippen LogP contribution in [0.4, 0.5) is 0 Å². The van der Waals surface area contributed by atoms with E-state index in [4.69, 9.17) is 4.74 Å². The van der Waals surface area contributed by atoms with Gasteiger partial charge in [-0.15, -0.1) is 0 Å². The van der Waals surface area contributed by atoms with Crippen molar-refractivity contribution in [1.82, 2.24) is 5.32 Å². The van der Waals surface area contributed by atoms with Crippen molar-refractivity contribution in [3.8, 4) is 0 Å². The molecule has 20 heavy (non-hydrogen) atoms. The van der Waals surface area contributed by atoms with E-state index in [0.29, 0.717) is 13.0 Å². The molecule has 0 saturated carbocycles. The minimum Gasteiger partial charge on any atom is -0.466 e. The van der Waals surface area contributed by atoms with Gasteiger partial charge >= 0.3 is 5.97 Å². The summed E-state index contributed by atoms with van der Waals surface area (Å²) < 4.78 is 4.89. The zero-order chi connectivity index (χ0) is 15.0. The third kappa shape index (κ3) is 6.35. The quantitative estimate of drug-likeness (QED) is 0.455. The lowest BCUT2D eigenvalue weighted by atomic mass is 10.2. The molecule has 0 aliphatic heterocycles. The van der Waals surface area contributed by atoms with Crippen molar-refractivity contribution in [3.63, 3.8) is 0 Å². The molecule has 112 valence electrons. The molecule has 4 heteroatoms. The number of hydrogen-bond acceptors (Lipinski definition) is 3. The van der Waals surface area contributed by atoms with E-state index >= 15 is 0 Å². The van der Waals surface area contributed by atoms with E-state index in [9.17, 15) is 4.79 Å². The zero-order valence-electron chi connectivity index (χ0n) is 13.2. The van der Waals surface area contributed by atoms with E-state index in [2.05, 4.69) is 49.2 Å². The van der Waals surface area contributed by atoms with Gasteiger partial charge in [-0.1, -0.05) is 49.1 Å². The normalized spacial score (nSPS) is 11.4. The lowest BCUT2D eigenvalue weighted by Crippen LogP contribution is -2.37. The maximum absolute atomic E-state index is 11.2. The maximum Gasteiger partial charge on any atom is 0.305 e. The zero-order valence-corrected chi connectivity index (χ0v) is 14.2. The number of nitrogens with one attached hydrogen (secondary N) is 1. The SMILES string of the molecule is CCOC(=O)CCCNCc1ccc([Si](C)(C)C)cc1. The van der Waals surface area contributed by atoms with Gasteiger partial charge in [0.2, 0.25) is 0 Å². The van der Waals surface area contributed by atoms with Crippen molar-refractivity contribution in [2.45, 2.75) is 46.0 Å². The van der Waals surface area contributed by atoms with Crippen molar-refractivity contribution in [3.05, 3.63) is 29.8 Å². The van der Waals surface area contributed by atoms with Gasteiger partial charge in [-0.25, -0.2) is 0 Å². The Kier molecular flexibility index (Phi) is 6.95. The molecular formula is C16H27NO2Si. The molecule has 0 aliphatic rings. The molecule has 0 radical (unpaired) electrons. The first-order valence-corrected chi connectivity index (χ1v) is 10.9. The standard InChI is InChI=1S/C16H27NO2Si/c1-5-19-16(18)7-6-12-17-13-14-8-10-15(11-9-14)20(2,3)4/h8-11,17H,5-7,12-13H2,1-4H3. The van der Waals surface area contributed by atoms with Gasteiger partial charge in [-0.05, 0) is 25.5 Å². The number of carbonyl (C=O) groups excluding carboxylic acids is 1. The molecule has 0 spiro atoms. The van der Waals surface area contributed by atoms with Gasteiger partial charge in [0.25, 0.3) is 0 Å². The summed E-state index contributed by atoms with van der Waals surface area (Å²) in [5, 5.41) is 4.85. The van der Waals surface area contributed by atoms with Crippen molar-refractivity contribution in [2.75, 3.05) is 13.2 Å². The van der Waals surface area contributed by atoms with Gasteiger partial charge < -0.3 is 10.1 Å². The number of esters is 1. The Morgan fingerprint density at radius 3 is 2.40 bits per heavy atom. The topological polar surface area (TPSA) is 38.3 Å². The summed E-state index contributed by atoms with van der Waals surface area (Å²) in [7, 11) is -1.19. The molecule has 0 unspecified atom stereocenters. The van der Waals surface area contributed by atoms with Crippen LogP contribution in [0.2, 0.25) is 19.6 Å². The highest BCUT2D eigenvalue weighted by molar-refractivity contribution is 6.88. The predicted octanol–water partition coefficient (Wildman–Crippen LogP) is 2.66. The fraction of sp³-hybridized carbons (Fsp3) is 0.562. The van der Waals surface area contributed by atoms with Crippen molar-refractivity contribution in [1.29, 1.82) is 0 Å². The molecule has 0 amide bonds. The molecule has 0 atom stereocenters. The second kappa shape index (κ2) is 8.22. The molecule has 0 saturated heterocycles. The molecule has 1 rings (SSSR count). The van der Waals surface area contributed by atoms with Crippen LogP contribution in [0.1, 0.15) is 25.3 Å². The first-order valence-electron chi connectivity index (χ1n) is 7.39. The third-order valence-electron chi connectivity index (χ3n) is 3.19. The lowest BCUT2D eigenvalue weighted by Gasteiger charge is -2.16. The largest absolute Gasteiger partial charge is 0.466 e. The van der Waals surface area contributed by atoms with E-state index in [1.54, 1.807) is 0 Å². The summed E-state index contributed by atoms with van der Waals surface area (Å²) in [5.41, 5.74) is 1.29. The average molecular weight is 293 g/mol. The third-order valence-corrected chi connectivity index (χ3v) is 5.25. The number of ether oxygens (including phenoxy) is 1. The van der Waals surface area contributed by atoms with E-state index in [0.717, 1.165) is 19.5 Å². The molecule has 1 aromatic carbocycles. The molecule has 3 nitrogen and oxygen atoms in total. The summed E-state index contributed by atoms with van der Waals surface area (Å²) in [5.74, 6) is -0.103. The van der Waals surface area contributed by atoms with Crippen molar-refractivity contribution < 1.29 is 9.53 Å². The fourth-order valence-electron chi connectivity index (χ4n) is 1.95. The molecule has 0 heterocycles.